The second-order valence-corrected chi connectivity index (χ2v) is 7.30. The fraction of sp³-hybridized carbons (Fsp3) is 0.524. The molecule has 2 aliphatic rings. The molecule has 0 spiro atoms. The molecule has 6 nitrogen and oxygen atoms in total. The lowest BCUT2D eigenvalue weighted by atomic mass is 10.1. The summed E-state index contributed by atoms with van der Waals surface area (Å²) in [5, 5.41) is 0. The third-order valence-electron chi connectivity index (χ3n) is 5.40. The van der Waals surface area contributed by atoms with Crippen molar-refractivity contribution < 1.29 is 4.74 Å². The molecule has 6 heteroatoms. The van der Waals surface area contributed by atoms with Gasteiger partial charge in [0, 0.05) is 51.9 Å². The van der Waals surface area contributed by atoms with Gasteiger partial charge >= 0.3 is 0 Å². The van der Waals surface area contributed by atoms with Crippen LogP contribution in [0.25, 0.3) is 0 Å². The van der Waals surface area contributed by atoms with Gasteiger partial charge in [0.2, 0.25) is 0 Å². The predicted molar refractivity (Wildman–Crippen MR) is 109 cm³/mol. The van der Waals surface area contributed by atoms with E-state index in [0.717, 1.165) is 82.9 Å². The van der Waals surface area contributed by atoms with E-state index in [1.54, 1.807) is 0 Å². The van der Waals surface area contributed by atoms with Gasteiger partial charge in [-0.1, -0.05) is 30.3 Å². The Morgan fingerprint density at radius 2 is 1.48 bits per heavy atom. The molecule has 2 saturated heterocycles. The molecular formula is C21H29N5O. The Hall–Kier alpha value is -2.18. The lowest BCUT2D eigenvalue weighted by molar-refractivity contribution is 0.122. The first-order chi connectivity index (χ1) is 13.3. The van der Waals surface area contributed by atoms with Crippen LogP contribution in [-0.4, -0.2) is 73.9 Å². The molecule has 0 saturated carbocycles. The Morgan fingerprint density at radius 1 is 0.852 bits per heavy atom. The standard InChI is InChI=1S/C21H29N5O/c1-18-22-20(17-21(23-18)26-13-15-27-16-14-26)25-11-9-24(10-12-25)8-7-19-5-3-2-4-6-19/h2-6,17H,7-16H2,1H3. The van der Waals surface area contributed by atoms with E-state index in [2.05, 4.69) is 56.1 Å². The zero-order valence-electron chi connectivity index (χ0n) is 16.2. The normalized spacial score (nSPS) is 18.7. The molecule has 1 aromatic heterocycles. The van der Waals surface area contributed by atoms with Crippen LogP contribution < -0.4 is 9.80 Å². The molecule has 2 aliphatic heterocycles. The summed E-state index contributed by atoms with van der Waals surface area (Å²) in [6.45, 7) is 10.7. The molecule has 0 radical (unpaired) electrons. The highest BCUT2D eigenvalue weighted by molar-refractivity contribution is 5.51. The molecule has 0 N–H and O–H groups in total. The zero-order valence-corrected chi connectivity index (χ0v) is 16.2. The van der Waals surface area contributed by atoms with Crippen molar-refractivity contribution >= 4 is 11.6 Å². The third kappa shape index (κ3) is 4.76. The molecule has 144 valence electrons. The summed E-state index contributed by atoms with van der Waals surface area (Å²) in [5.41, 5.74) is 1.42. The Labute approximate surface area is 161 Å². The number of hydrogen-bond acceptors (Lipinski definition) is 6. The first-order valence-corrected chi connectivity index (χ1v) is 9.97. The molecule has 27 heavy (non-hydrogen) atoms. The van der Waals surface area contributed by atoms with Crippen molar-refractivity contribution in [3.05, 3.63) is 47.8 Å². The van der Waals surface area contributed by atoms with Gasteiger partial charge < -0.3 is 14.5 Å². The number of piperazine rings is 1. The fourth-order valence-electron chi connectivity index (χ4n) is 3.79. The minimum atomic E-state index is 0.776. The molecule has 0 aliphatic carbocycles. The van der Waals surface area contributed by atoms with Gasteiger partial charge in [-0.15, -0.1) is 0 Å². The Bertz CT molecular complexity index is 725. The van der Waals surface area contributed by atoms with Crippen molar-refractivity contribution in [1.29, 1.82) is 0 Å². The topological polar surface area (TPSA) is 44.7 Å². The minimum Gasteiger partial charge on any atom is -0.378 e. The van der Waals surface area contributed by atoms with Crippen LogP contribution in [0.15, 0.2) is 36.4 Å². The lowest BCUT2D eigenvalue weighted by Gasteiger charge is -2.36. The zero-order chi connectivity index (χ0) is 18.5. The number of hydrogen-bond donors (Lipinski definition) is 0. The quantitative estimate of drug-likeness (QED) is 0.805. The molecular weight excluding hydrogens is 338 g/mol. The maximum absolute atomic E-state index is 5.46. The van der Waals surface area contributed by atoms with Crippen LogP contribution in [0.4, 0.5) is 11.6 Å². The highest BCUT2D eigenvalue weighted by Crippen LogP contribution is 2.21. The highest BCUT2D eigenvalue weighted by atomic mass is 16.5. The summed E-state index contributed by atoms with van der Waals surface area (Å²) in [7, 11) is 0. The van der Waals surface area contributed by atoms with Crippen LogP contribution >= 0.6 is 0 Å². The number of nitrogens with zero attached hydrogens (tertiary/aromatic N) is 5. The summed E-state index contributed by atoms with van der Waals surface area (Å²) >= 11 is 0. The lowest BCUT2D eigenvalue weighted by Crippen LogP contribution is -2.47. The van der Waals surface area contributed by atoms with Crippen LogP contribution in [-0.2, 0) is 11.2 Å². The van der Waals surface area contributed by atoms with Crippen molar-refractivity contribution in [2.45, 2.75) is 13.3 Å². The second kappa shape index (κ2) is 8.67. The fourth-order valence-corrected chi connectivity index (χ4v) is 3.79. The number of rotatable bonds is 5. The Morgan fingerprint density at radius 3 is 2.15 bits per heavy atom. The van der Waals surface area contributed by atoms with Crippen molar-refractivity contribution in [3.8, 4) is 0 Å². The van der Waals surface area contributed by atoms with Gasteiger partial charge in [-0.25, -0.2) is 9.97 Å². The monoisotopic (exact) mass is 367 g/mol. The van der Waals surface area contributed by atoms with Gasteiger partial charge in [-0.2, -0.15) is 0 Å². The smallest absolute Gasteiger partial charge is 0.134 e. The number of benzene rings is 1. The summed E-state index contributed by atoms with van der Waals surface area (Å²) in [5.74, 6) is 2.94. The largest absolute Gasteiger partial charge is 0.378 e. The van der Waals surface area contributed by atoms with Gasteiger partial charge in [-0.05, 0) is 18.9 Å². The van der Waals surface area contributed by atoms with Gasteiger partial charge in [0.1, 0.15) is 17.5 Å². The number of aromatic nitrogens is 2. The molecule has 2 fully saturated rings. The van der Waals surface area contributed by atoms with Gasteiger partial charge in [-0.3, -0.25) is 4.90 Å². The Kier molecular flexibility index (Phi) is 5.84. The molecule has 4 rings (SSSR count). The maximum atomic E-state index is 5.46. The van der Waals surface area contributed by atoms with E-state index in [4.69, 9.17) is 9.72 Å². The van der Waals surface area contributed by atoms with Crippen LogP contribution in [0.5, 0.6) is 0 Å². The summed E-state index contributed by atoms with van der Waals surface area (Å²) in [6.07, 6.45) is 1.12. The number of aryl methyl sites for hydroxylation is 1. The summed E-state index contributed by atoms with van der Waals surface area (Å²) in [4.78, 5) is 16.6. The van der Waals surface area contributed by atoms with Crippen LogP contribution in [0.3, 0.4) is 0 Å². The molecule has 0 atom stereocenters. The van der Waals surface area contributed by atoms with E-state index in [1.165, 1.54) is 5.56 Å². The molecule has 0 unspecified atom stereocenters. The summed E-state index contributed by atoms with van der Waals surface area (Å²) in [6, 6.07) is 12.9. The van der Waals surface area contributed by atoms with Gasteiger partial charge in [0.15, 0.2) is 0 Å². The van der Waals surface area contributed by atoms with E-state index in [0.29, 0.717) is 0 Å². The van der Waals surface area contributed by atoms with Crippen LogP contribution in [0.1, 0.15) is 11.4 Å². The van der Waals surface area contributed by atoms with Crippen LogP contribution in [0, 0.1) is 6.92 Å². The van der Waals surface area contributed by atoms with E-state index in [9.17, 15) is 0 Å². The number of ether oxygens (including phenoxy) is 1. The van der Waals surface area contributed by atoms with Crippen molar-refractivity contribution in [3.63, 3.8) is 0 Å². The predicted octanol–water partition coefficient (Wildman–Crippen LogP) is 1.99. The van der Waals surface area contributed by atoms with E-state index in [-0.39, 0.29) is 0 Å². The SMILES string of the molecule is Cc1nc(N2CCOCC2)cc(N2CCN(CCc3ccccc3)CC2)n1. The molecule has 2 aromatic rings. The van der Waals surface area contributed by atoms with Crippen molar-refractivity contribution in [1.82, 2.24) is 14.9 Å². The highest BCUT2D eigenvalue weighted by Gasteiger charge is 2.20. The average molecular weight is 367 g/mol. The maximum Gasteiger partial charge on any atom is 0.134 e. The molecule has 0 amide bonds. The van der Waals surface area contributed by atoms with E-state index >= 15 is 0 Å². The van der Waals surface area contributed by atoms with Crippen molar-refractivity contribution in [2.75, 3.05) is 68.8 Å². The van der Waals surface area contributed by atoms with Gasteiger partial charge in [0.05, 0.1) is 13.2 Å². The summed E-state index contributed by atoms with van der Waals surface area (Å²) < 4.78 is 5.46. The first-order valence-electron chi connectivity index (χ1n) is 9.97. The first kappa shape index (κ1) is 18.2. The second-order valence-electron chi connectivity index (χ2n) is 7.30. The third-order valence-corrected chi connectivity index (χ3v) is 5.40. The number of morpholine rings is 1. The molecule has 1 aromatic carbocycles. The van der Waals surface area contributed by atoms with Gasteiger partial charge in [0.25, 0.3) is 0 Å². The average Bonchev–Trinajstić information content (AvgIpc) is 2.73. The van der Waals surface area contributed by atoms with Crippen molar-refractivity contribution in [2.24, 2.45) is 0 Å². The molecule has 0 bridgehead atoms. The Balaban J connectivity index is 1.34. The van der Waals surface area contributed by atoms with Crippen LogP contribution in [0.2, 0.25) is 0 Å². The number of anilines is 2. The van der Waals surface area contributed by atoms with E-state index < -0.39 is 0 Å². The minimum absolute atomic E-state index is 0.776. The van der Waals surface area contributed by atoms with E-state index in [1.807, 2.05) is 6.92 Å². The molecule has 3 heterocycles.